The highest BCUT2D eigenvalue weighted by Gasteiger charge is 2.08. The van der Waals surface area contributed by atoms with E-state index in [2.05, 4.69) is 10.4 Å². The molecule has 0 spiro atoms. The largest absolute Gasteiger partial charge is 0.492 e. The Balaban J connectivity index is 1.50. The lowest BCUT2D eigenvalue weighted by molar-refractivity contribution is -0.121. The van der Waals surface area contributed by atoms with Gasteiger partial charge in [-0.3, -0.25) is 19.5 Å². The minimum absolute atomic E-state index is 0.0646. The van der Waals surface area contributed by atoms with Crippen LogP contribution in [0.15, 0.2) is 58.1 Å². The van der Waals surface area contributed by atoms with Crippen LogP contribution in [0.1, 0.15) is 6.42 Å². The summed E-state index contributed by atoms with van der Waals surface area (Å²) in [5.41, 5.74) is -0.689. The molecule has 0 atom stereocenters. The van der Waals surface area contributed by atoms with E-state index in [9.17, 15) is 14.4 Å². The van der Waals surface area contributed by atoms with Gasteiger partial charge in [0, 0.05) is 11.4 Å². The fourth-order valence-electron chi connectivity index (χ4n) is 2.60. The van der Waals surface area contributed by atoms with E-state index in [1.54, 1.807) is 48.5 Å². The molecule has 0 bridgehead atoms. The SMILES string of the molecule is O=C(CCn1[nH]c(=O)c2ccccc2c1=O)NCCOc1ccc(Cl)cc1. The summed E-state index contributed by atoms with van der Waals surface area (Å²) in [4.78, 5) is 36.3. The normalized spacial score (nSPS) is 10.7. The Bertz CT molecular complexity index is 1060. The highest BCUT2D eigenvalue weighted by molar-refractivity contribution is 6.30. The number of nitrogens with zero attached hydrogens (tertiary/aromatic N) is 1. The first-order chi connectivity index (χ1) is 13.0. The molecule has 1 heterocycles. The van der Waals surface area contributed by atoms with E-state index < -0.39 is 0 Å². The van der Waals surface area contributed by atoms with Gasteiger partial charge in [-0.1, -0.05) is 23.7 Å². The second-order valence-corrected chi connectivity index (χ2v) is 6.28. The van der Waals surface area contributed by atoms with Crippen LogP contribution >= 0.6 is 11.6 Å². The third-order valence-electron chi connectivity index (χ3n) is 3.95. The Morgan fingerprint density at radius 3 is 2.52 bits per heavy atom. The maximum atomic E-state index is 12.4. The number of fused-ring (bicyclic) bond motifs is 1. The summed E-state index contributed by atoms with van der Waals surface area (Å²) in [7, 11) is 0. The van der Waals surface area contributed by atoms with Crippen molar-refractivity contribution in [2.75, 3.05) is 13.2 Å². The smallest absolute Gasteiger partial charge is 0.273 e. The molecule has 0 saturated heterocycles. The van der Waals surface area contributed by atoms with Gasteiger partial charge in [0.1, 0.15) is 12.4 Å². The van der Waals surface area contributed by atoms with Crippen LogP contribution in [-0.2, 0) is 11.3 Å². The maximum absolute atomic E-state index is 12.4. The van der Waals surface area contributed by atoms with E-state index in [0.29, 0.717) is 34.7 Å². The average molecular weight is 388 g/mol. The molecule has 3 aromatic rings. The summed E-state index contributed by atoms with van der Waals surface area (Å²) in [5.74, 6) is 0.421. The first-order valence-electron chi connectivity index (χ1n) is 8.41. The predicted molar refractivity (Wildman–Crippen MR) is 103 cm³/mol. The Labute approximate surface area is 159 Å². The van der Waals surface area contributed by atoms with Crippen molar-refractivity contribution in [3.05, 3.63) is 74.3 Å². The molecular formula is C19H18ClN3O4. The van der Waals surface area contributed by atoms with Crippen LogP contribution in [0.3, 0.4) is 0 Å². The number of rotatable bonds is 7. The molecule has 0 radical (unpaired) electrons. The van der Waals surface area contributed by atoms with Crippen LogP contribution in [0, 0.1) is 0 Å². The molecule has 0 aliphatic rings. The molecule has 27 heavy (non-hydrogen) atoms. The van der Waals surface area contributed by atoms with Crippen LogP contribution in [0.5, 0.6) is 5.75 Å². The third-order valence-corrected chi connectivity index (χ3v) is 4.20. The molecule has 0 saturated carbocycles. The zero-order chi connectivity index (χ0) is 19.2. The van der Waals surface area contributed by atoms with Gasteiger partial charge in [0.15, 0.2) is 0 Å². The minimum atomic E-state index is -0.359. The second-order valence-electron chi connectivity index (χ2n) is 5.85. The highest BCUT2D eigenvalue weighted by Crippen LogP contribution is 2.15. The van der Waals surface area contributed by atoms with Crippen molar-refractivity contribution in [1.82, 2.24) is 15.1 Å². The first kappa shape index (κ1) is 18.7. The van der Waals surface area contributed by atoms with E-state index in [-0.39, 0.29) is 30.0 Å². The van der Waals surface area contributed by atoms with Crippen molar-refractivity contribution in [2.45, 2.75) is 13.0 Å². The molecule has 1 amide bonds. The lowest BCUT2D eigenvalue weighted by Crippen LogP contribution is -2.33. The van der Waals surface area contributed by atoms with Gasteiger partial charge >= 0.3 is 0 Å². The van der Waals surface area contributed by atoms with Crippen molar-refractivity contribution in [3.8, 4) is 5.75 Å². The van der Waals surface area contributed by atoms with Crippen molar-refractivity contribution >= 4 is 28.3 Å². The Morgan fingerprint density at radius 2 is 1.78 bits per heavy atom. The van der Waals surface area contributed by atoms with E-state index in [4.69, 9.17) is 16.3 Å². The molecule has 0 aliphatic carbocycles. The lowest BCUT2D eigenvalue weighted by atomic mass is 10.2. The van der Waals surface area contributed by atoms with Gasteiger partial charge in [-0.15, -0.1) is 0 Å². The minimum Gasteiger partial charge on any atom is -0.492 e. The monoisotopic (exact) mass is 387 g/mol. The average Bonchev–Trinajstić information content (AvgIpc) is 2.68. The molecule has 2 N–H and O–H groups in total. The maximum Gasteiger partial charge on any atom is 0.273 e. The summed E-state index contributed by atoms with van der Waals surface area (Å²) in [6.07, 6.45) is 0.0646. The summed E-state index contributed by atoms with van der Waals surface area (Å²) in [6.45, 7) is 0.716. The standard InChI is InChI=1S/C19H18ClN3O4/c20-13-5-7-14(8-6-13)27-12-10-21-17(24)9-11-23-19(26)16-4-2-1-3-15(16)18(25)22-23/h1-8H,9-12H2,(H,21,24)(H,22,25). The van der Waals surface area contributed by atoms with Crippen molar-refractivity contribution in [3.63, 3.8) is 0 Å². The van der Waals surface area contributed by atoms with Gasteiger partial charge in [-0.25, -0.2) is 4.68 Å². The number of hydrogen-bond donors (Lipinski definition) is 2. The first-order valence-corrected chi connectivity index (χ1v) is 8.79. The molecular weight excluding hydrogens is 370 g/mol. The van der Waals surface area contributed by atoms with Crippen LogP contribution in [0.4, 0.5) is 0 Å². The molecule has 7 nitrogen and oxygen atoms in total. The Hall–Kier alpha value is -3.06. The summed E-state index contributed by atoms with van der Waals surface area (Å²) in [5, 5.41) is 6.50. The van der Waals surface area contributed by atoms with Crippen LogP contribution in [0.25, 0.3) is 10.8 Å². The lowest BCUT2D eigenvalue weighted by Gasteiger charge is -2.09. The van der Waals surface area contributed by atoms with Crippen molar-refractivity contribution in [2.24, 2.45) is 0 Å². The molecule has 8 heteroatoms. The van der Waals surface area contributed by atoms with Gasteiger partial charge < -0.3 is 10.1 Å². The number of carbonyl (C=O) groups is 1. The van der Waals surface area contributed by atoms with Crippen LogP contribution in [0.2, 0.25) is 5.02 Å². The Morgan fingerprint density at radius 1 is 1.07 bits per heavy atom. The third kappa shape index (κ3) is 4.77. The number of nitrogens with one attached hydrogen (secondary N) is 2. The van der Waals surface area contributed by atoms with E-state index in [1.807, 2.05) is 0 Å². The number of benzene rings is 2. The van der Waals surface area contributed by atoms with E-state index >= 15 is 0 Å². The van der Waals surface area contributed by atoms with Gasteiger partial charge in [-0.05, 0) is 36.4 Å². The number of halogens is 1. The van der Waals surface area contributed by atoms with Crippen LogP contribution in [-0.4, -0.2) is 28.8 Å². The van der Waals surface area contributed by atoms with Crippen LogP contribution < -0.4 is 21.2 Å². The number of aromatic amines is 1. The zero-order valence-corrected chi connectivity index (χ0v) is 15.2. The summed E-state index contributed by atoms with van der Waals surface area (Å²) in [6, 6.07) is 13.5. The fraction of sp³-hybridized carbons (Fsp3) is 0.211. The van der Waals surface area contributed by atoms with Gasteiger partial charge in [-0.2, -0.15) is 0 Å². The Kier molecular flexibility index (Phi) is 5.93. The molecule has 1 aromatic heterocycles. The molecule has 2 aromatic carbocycles. The van der Waals surface area contributed by atoms with Crippen molar-refractivity contribution in [1.29, 1.82) is 0 Å². The van der Waals surface area contributed by atoms with E-state index in [1.165, 1.54) is 0 Å². The predicted octanol–water partition coefficient (Wildman–Crippen LogP) is 1.93. The topological polar surface area (TPSA) is 93.2 Å². The molecule has 0 aliphatic heterocycles. The van der Waals surface area contributed by atoms with Crippen molar-refractivity contribution < 1.29 is 9.53 Å². The van der Waals surface area contributed by atoms with Gasteiger partial charge in [0.05, 0.1) is 23.9 Å². The quantitative estimate of drug-likeness (QED) is 0.606. The molecule has 3 rings (SSSR count). The summed E-state index contributed by atoms with van der Waals surface area (Å²) < 4.78 is 6.64. The van der Waals surface area contributed by atoms with E-state index in [0.717, 1.165) is 4.68 Å². The summed E-state index contributed by atoms with van der Waals surface area (Å²) >= 11 is 5.79. The number of carbonyl (C=O) groups excluding carboxylic acids is 1. The number of aryl methyl sites for hydroxylation is 1. The number of aromatic nitrogens is 2. The molecule has 140 valence electrons. The zero-order valence-electron chi connectivity index (χ0n) is 14.4. The highest BCUT2D eigenvalue weighted by atomic mass is 35.5. The van der Waals surface area contributed by atoms with Gasteiger partial charge in [0.2, 0.25) is 5.91 Å². The second kappa shape index (κ2) is 8.55. The number of hydrogen-bond acceptors (Lipinski definition) is 4. The molecule has 0 fully saturated rings. The number of H-pyrrole nitrogens is 1. The number of amides is 1. The fourth-order valence-corrected chi connectivity index (χ4v) is 2.72. The van der Waals surface area contributed by atoms with Gasteiger partial charge in [0.25, 0.3) is 11.1 Å². The molecule has 0 unspecified atom stereocenters. The number of ether oxygens (including phenoxy) is 1.